The maximum atomic E-state index is 11.5. The Balaban J connectivity index is 1.74. The van der Waals surface area contributed by atoms with E-state index < -0.39 is 9.84 Å². The molecule has 2 rings (SSSR count). The molecule has 0 aliphatic carbocycles. The first-order valence-electron chi connectivity index (χ1n) is 5.50. The Morgan fingerprint density at radius 1 is 1.53 bits per heavy atom. The van der Waals surface area contributed by atoms with Crippen molar-refractivity contribution in [3.8, 4) is 0 Å². The number of nitrogens with one attached hydrogen (secondary N) is 1. The highest BCUT2D eigenvalue weighted by atomic mass is 32.2. The predicted molar refractivity (Wildman–Crippen MR) is 62.0 cm³/mol. The van der Waals surface area contributed by atoms with Gasteiger partial charge in [-0.2, -0.15) is 5.10 Å². The average Bonchev–Trinajstić information content (AvgIpc) is 2.85. The molecule has 2 heterocycles. The first-order chi connectivity index (χ1) is 8.05. The van der Waals surface area contributed by atoms with E-state index in [2.05, 4.69) is 10.4 Å². The number of aromatic nitrogens is 2. The molecule has 1 atom stereocenters. The Labute approximate surface area is 99.9 Å². The van der Waals surface area contributed by atoms with Gasteiger partial charge in [-0.1, -0.05) is 0 Å². The molecule has 17 heavy (non-hydrogen) atoms. The Kier molecular flexibility index (Phi) is 3.46. The van der Waals surface area contributed by atoms with Crippen molar-refractivity contribution in [1.82, 2.24) is 15.1 Å². The zero-order chi connectivity index (χ0) is 12.3. The molecule has 1 amide bonds. The van der Waals surface area contributed by atoms with E-state index in [0.717, 1.165) is 0 Å². The Hall–Kier alpha value is -1.37. The number of rotatable bonds is 4. The fourth-order valence-corrected chi connectivity index (χ4v) is 3.75. The van der Waals surface area contributed by atoms with E-state index in [4.69, 9.17) is 0 Å². The number of hydrogen-bond acceptors (Lipinski definition) is 4. The summed E-state index contributed by atoms with van der Waals surface area (Å²) in [6.07, 6.45) is 3.96. The van der Waals surface area contributed by atoms with Crippen LogP contribution in [0.4, 0.5) is 0 Å². The summed E-state index contributed by atoms with van der Waals surface area (Å²) >= 11 is 0. The molecule has 0 saturated carbocycles. The van der Waals surface area contributed by atoms with E-state index in [0.29, 0.717) is 13.0 Å². The molecule has 0 spiro atoms. The Bertz CT molecular complexity index is 481. The van der Waals surface area contributed by atoms with E-state index in [1.807, 2.05) is 0 Å². The van der Waals surface area contributed by atoms with Crippen molar-refractivity contribution in [3.63, 3.8) is 0 Å². The molecule has 1 aromatic rings. The summed E-state index contributed by atoms with van der Waals surface area (Å²) in [6.45, 7) is 0.603. The van der Waals surface area contributed by atoms with Crippen LogP contribution in [0.25, 0.3) is 0 Å². The van der Waals surface area contributed by atoms with Crippen LogP contribution in [0.15, 0.2) is 18.5 Å². The third-order valence-corrected chi connectivity index (χ3v) is 4.62. The normalized spacial score (nSPS) is 22.5. The van der Waals surface area contributed by atoms with Crippen molar-refractivity contribution in [2.45, 2.75) is 13.0 Å². The van der Waals surface area contributed by atoms with Gasteiger partial charge in [0.05, 0.1) is 11.5 Å². The monoisotopic (exact) mass is 257 g/mol. The van der Waals surface area contributed by atoms with Crippen LogP contribution in [-0.2, 0) is 21.2 Å². The second-order valence-corrected chi connectivity index (χ2v) is 6.51. The van der Waals surface area contributed by atoms with Gasteiger partial charge < -0.3 is 5.32 Å². The van der Waals surface area contributed by atoms with Crippen LogP contribution in [0.1, 0.15) is 6.42 Å². The van der Waals surface area contributed by atoms with Crippen molar-refractivity contribution in [3.05, 3.63) is 18.5 Å². The average molecular weight is 257 g/mol. The van der Waals surface area contributed by atoms with Crippen molar-refractivity contribution in [1.29, 1.82) is 0 Å². The van der Waals surface area contributed by atoms with Crippen molar-refractivity contribution in [2.75, 3.05) is 18.1 Å². The predicted octanol–water partition coefficient (Wildman–Crippen LogP) is -0.566. The van der Waals surface area contributed by atoms with E-state index in [-0.39, 0.29) is 29.9 Å². The van der Waals surface area contributed by atoms with Crippen molar-refractivity contribution >= 4 is 15.7 Å². The number of carbonyl (C=O) groups is 1. The van der Waals surface area contributed by atoms with Gasteiger partial charge in [-0.25, -0.2) is 8.42 Å². The van der Waals surface area contributed by atoms with Crippen molar-refractivity contribution in [2.24, 2.45) is 5.92 Å². The molecule has 1 aromatic heterocycles. The maximum absolute atomic E-state index is 11.5. The SMILES string of the molecule is O=C(Cn1cccn1)NCC1CCS(=O)(=O)C1. The van der Waals surface area contributed by atoms with Crippen LogP contribution in [0.3, 0.4) is 0 Å². The topological polar surface area (TPSA) is 81.1 Å². The number of sulfone groups is 1. The molecule has 1 N–H and O–H groups in total. The fraction of sp³-hybridized carbons (Fsp3) is 0.600. The smallest absolute Gasteiger partial charge is 0.241 e. The number of carbonyl (C=O) groups excluding carboxylic acids is 1. The molecule has 0 aromatic carbocycles. The van der Waals surface area contributed by atoms with Crippen LogP contribution in [0.5, 0.6) is 0 Å². The summed E-state index contributed by atoms with van der Waals surface area (Å²) in [4.78, 5) is 11.5. The number of amides is 1. The highest BCUT2D eigenvalue weighted by Crippen LogP contribution is 2.17. The lowest BCUT2D eigenvalue weighted by Gasteiger charge is -2.09. The zero-order valence-corrected chi connectivity index (χ0v) is 10.2. The van der Waals surface area contributed by atoms with Gasteiger partial charge in [-0.15, -0.1) is 0 Å². The molecule has 0 bridgehead atoms. The largest absolute Gasteiger partial charge is 0.354 e. The Morgan fingerprint density at radius 3 is 2.94 bits per heavy atom. The summed E-state index contributed by atoms with van der Waals surface area (Å²) < 4.78 is 24.0. The van der Waals surface area contributed by atoms with Gasteiger partial charge >= 0.3 is 0 Å². The summed E-state index contributed by atoms with van der Waals surface area (Å²) in [6, 6.07) is 1.75. The summed E-state index contributed by atoms with van der Waals surface area (Å²) in [5.41, 5.74) is 0. The summed E-state index contributed by atoms with van der Waals surface area (Å²) in [5.74, 6) is 0.349. The first-order valence-corrected chi connectivity index (χ1v) is 7.32. The quantitative estimate of drug-likeness (QED) is 0.783. The molecular formula is C10H15N3O3S. The molecule has 6 nitrogen and oxygen atoms in total. The highest BCUT2D eigenvalue weighted by Gasteiger charge is 2.27. The van der Waals surface area contributed by atoms with Crippen LogP contribution in [0.2, 0.25) is 0 Å². The molecule has 94 valence electrons. The van der Waals surface area contributed by atoms with Crippen molar-refractivity contribution < 1.29 is 13.2 Å². The standard InChI is InChI=1S/C10H15N3O3S/c14-10(7-13-4-1-3-12-13)11-6-9-2-5-17(15,16)8-9/h1,3-4,9H,2,5-8H2,(H,11,14). The molecule has 1 unspecified atom stereocenters. The molecule has 1 aliphatic heterocycles. The van der Waals surface area contributed by atoms with E-state index >= 15 is 0 Å². The minimum Gasteiger partial charge on any atom is -0.354 e. The fourth-order valence-electron chi connectivity index (χ4n) is 1.89. The lowest BCUT2D eigenvalue weighted by molar-refractivity contribution is -0.122. The summed E-state index contributed by atoms with van der Waals surface area (Å²) in [5, 5.41) is 6.66. The molecule has 1 saturated heterocycles. The van der Waals surface area contributed by atoms with E-state index in [9.17, 15) is 13.2 Å². The third kappa shape index (κ3) is 3.55. The minimum atomic E-state index is -2.86. The second kappa shape index (κ2) is 4.87. The molecule has 1 aliphatic rings. The number of hydrogen-bond donors (Lipinski definition) is 1. The van der Waals surface area contributed by atoms with Gasteiger partial charge in [-0.3, -0.25) is 9.48 Å². The number of nitrogens with zero attached hydrogens (tertiary/aromatic N) is 2. The molecule has 7 heteroatoms. The molecule has 1 fully saturated rings. The van der Waals surface area contributed by atoms with Crippen LogP contribution in [0, 0.1) is 5.92 Å². The van der Waals surface area contributed by atoms with Crippen LogP contribution < -0.4 is 5.32 Å². The van der Waals surface area contributed by atoms with Gasteiger partial charge in [-0.05, 0) is 18.4 Å². The van der Waals surface area contributed by atoms with Gasteiger partial charge in [0.15, 0.2) is 9.84 Å². The van der Waals surface area contributed by atoms with Gasteiger partial charge in [0.1, 0.15) is 6.54 Å². The lowest BCUT2D eigenvalue weighted by Crippen LogP contribution is -2.32. The van der Waals surface area contributed by atoms with Gasteiger partial charge in [0.25, 0.3) is 0 Å². The van der Waals surface area contributed by atoms with E-state index in [1.54, 1.807) is 18.5 Å². The summed E-state index contributed by atoms with van der Waals surface area (Å²) in [7, 11) is -2.86. The minimum absolute atomic E-state index is 0.0570. The van der Waals surface area contributed by atoms with Crippen LogP contribution in [-0.4, -0.2) is 42.2 Å². The lowest BCUT2D eigenvalue weighted by atomic mass is 10.1. The Morgan fingerprint density at radius 2 is 2.35 bits per heavy atom. The second-order valence-electron chi connectivity index (χ2n) is 4.28. The maximum Gasteiger partial charge on any atom is 0.241 e. The third-order valence-electron chi connectivity index (χ3n) is 2.78. The first kappa shape index (κ1) is 12.1. The van der Waals surface area contributed by atoms with E-state index in [1.165, 1.54) is 4.68 Å². The molecular weight excluding hydrogens is 242 g/mol. The molecule has 0 radical (unpaired) electrons. The van der Waals surface area contributed by atoms with Crippen LogP contribution >= 0.6 is 0 Å². The zero-order valence-electron chi connectivity index (χ0n) is 9.37. The van der Waals surface area contributed by atoms with Gasteiger partial charge in [0, 0.05) is 18.9 Å². The highest BCUT2D eigenvalue weighted by molar-refractivity contribution is 7.91. The van der Waals surface area contributed by atoms with Gasteiger partial charge in [0.2, 0.25) is 5.91 Å².